The molecule has 0 aromatic rings. The molecule has 0 heterocycles. The maximum absolute atomic E-state index is 10.5. The molecule has 0 aliphatic heterocycles. The fourth-order valence-electron chi connectivity index (χ4n) is 0.934. The minimum Gasteiger partial charge on any atom is -0.379 e. The second-order valence-electron chi connectivity index (χ2n) is 4.06. The molecule has 0 fully saturated rings. The van der Waals surface area contributed by atoms with Crippen LogP contribution in [0.3, 0.4) is 0 Å². The van der Waals surface area contributed by atoms with E-state index in [0.29, 0.717) is 32.3 Å². The van der Waals surface area contributed by atoms with Gasteiger partial charge in [0.25, 0.3) is 0 Å². The van der Waals surface area contributed by atoms with E-state index in [1.54, 1.807) is 0 Å². The predicted octanol–water partition coefficient (Wildman–Crippen LogP) is -0.0193. The molecule has 0 amide bonds. The van der Waals surface area contributed by atoms with Gasteiger partial charge in [-0.2, -0.15) is 0 Å². The maximum Gasteiger partial charge on any atom is 0.211 e. The van der Waals surface area contributed by atoms with Crippen molar-refractivity contribution < 1.29 is 22.6 Å². The Morgan fingerprint density at radius 1 is 0.941 bits per heavy atom. The van der Waals surface area contributed by atoms with Gasteiger partial charge in [0.05, 0.1) is 38.8 Å². The molecule has 0 saturated carbocycles. The topological polar surface area (TPSA) is 87.8 Å². The highest BCUT2D eigenvalue weighted by molar-refractivity contribution is 7.89. The maximum atomic E-state index is 10.5. The highest BCUT2D eigenvalue weighted by Gasteiger charge is 2.01. The van der Waals surface area contributed by atoms with Crippen molar-refractivity contribution in [2.45, 2.75) is 13.8 Å². The van der Waals surface area contributed by atoms with Crippen LogP contribution in [0.25, 0.3) is 0 Å². The van der Waals surface area contributed by atoms with Gasteiger partial charge >= 0.3 is 0 Å². The number of nitrogens with two attached hydrogens (primary N) is 1. The number of hydrogen-bond donors (Lipinski definition) is 1. The summed E-state index contributed by atoms with van der Waals surface area (Å²) < 4.78 is 36.6. The minimum absolute atomic E-state index is 0.103. The first-order valence-corrected chi connectivity index (χ1v) is 7.37. The van der Waals surface area contributed by atoms with Gasteiger partial charge in [-0.1, -0.05) is 13.8 Å². The summed E-state index contributed by atoms with van der Waals surface area (Å²) in [4.78, 5) is 0. The standard InChI is InChI=1S/C10H23NO5S/c1-10(2)9-16-6-5-14-3-4-15-7-8-17(11,12)13/h10H,3-9H2,1-2H3,(H2,11,12,13). The summed E-state index contributed by atoms with van der Waals surface area (Å²) >= 11 is 0. The van der Waals surface area contributed by atoms with Crippen LogP contribution in [-0.4, -0.2) is 53.8 Å². The number of rotatable bonds is 11. The number of ether oxygens (including phenoxy) is 3. The molecule has 0 rings (SSSR count). The second-order valence-corrected chi connectivity index (χ2v) is 5.79. The summed E-state index contributed by atoms with van der Waals surface area (Å²) in [5.74, 6) is 0.362. The van der Waals surface area contributed by atoms with Crippen molar-refractivity contribution in [1.82, 2.24) is 0 Å². The van der Waals surface area contributed by atoms with Gasteiger partial charge in [0, 0.05) is 6.61 Å². The SMILES string of the molecule is CC(C)COCCOCCOCCS(N)(=O)=O. The van der Waals surface area contributed by atoms with Crippen LogP contribution in [-0.2, 0) is 24.2 Å². The Hall–Kier alpha value is -0.210. The lowest BCUT2D eigenvalue weighted by Gasteiger charge is -2.07. The lowest BCUT2D eigenvalue weighted by molar-refractivity contribution is 0.0119. The van der Waals surface area contributed by atoms with Gasteiger partial charge in [-0.3, -0.25) is 0 Å². The van der Waals surface area contributed by atoms with E-state index in [1.807, 2.05) is 0 Å². The lowest BCUT2D eigenvalue weighted by Crippen LogP contribution is -2.21. The molecule has 0 bridgehead atoms. The van der Waals surface area contributed by atoms with Crippen molar-refractivity contribution in [2.75, 3.05) is 45.4 Å². The molecule has 0 aliphatic rings. The summed E-state index contributed by atoms with van der Waals surface area (Å²) in [6.07, 6.45) is 0. The Morgan fingerprint density at radius 3 is 1.88 bits per heavy atom. The highest BCUT2D eigenvalue weighted by Crippen LogP contribution is 1.91. The zero-order valence-electron chi connectivity index (χ0n) is 10.6. The first kappa shape index (κ1) is 16.8. The first-order valence-electron chi connectivity index (χ1n) is 5.65. The molecule has 0 aromatic carbocycles. The minimum atomic E-state index is -3.42. The van der Waals surface area contributed by atoms with Crippen LogP contribution >= 0.6 is 0 Å². The van der Waals surface area contributed by atoms with E-state index in [9.17, 15) is 8.42 Å². The van der Waals surface area contributed by atoms with Crippen LogP contribution in [0.1, 0.15) is 13.8 Å². The number of primary sulfonamides is 1. The van der Waals surface area contributed by atoms with Gasteiger partial charge < -0.3 is 14.2 Å². The molecule has 0 radical (unpaired) electrons. The molecule has 7 heteroatoms. The number of hydrogen-bond acceptors (Lipinski definition) is 5. The summed E-state index contributed by atoms with van der Waals surface area (Å²) in [6, 6.07) is 0. The van der Waals surface area contributed by atoms with Gasteiger partial charge in [0.2, 0.25) is 10.0 Å². The van der Waals surface area contributed by atoms with E-state index in [1.165, 1.54) is 0 Å². The van der Waals surface area contributed by atoms with E-state index in [2.05, 4.69) is 13.8 Å². The fraction of sp³-hybridized carbons (Fsp3) is 1.00. The normalized spacial score (nSPS) is 12.2. The van der Waals surface area contributed by atoms with Crippen molar-refractivity contribution in [2.24, 2.45) is 11.1 Å². The summed E-state index contributed by atoms with van der Waals surface area (Å²) in [5, 5.41) is 4.80. The molecule has 6 nitrogen and oxygen atoms in total. The Morgan fingerprint density at radius 2 is 1.41 bits per heavy atom. The largest absolute Gasteiger partial charge is 0.379 e. The Bertz CT molecular complexity index is 266. The van der Waals surface area contributed by atoms with Gasteiger partial charge in [0.1, 0.15) is 0 Å². The van der Waals surface area contributed by atoms with Gasteiger partial charge in [-0.15, -0.1) is 0 Å². The molecular weight excluding hydrogens is 246 g/mol. The average Bonchev–Trinajstić information content (AvgIpc) is 2.18. The Labute approximate surface area is 103 Å². The second kappa shape index (κ2) is 9.78. The monoisotopic (exact) mass is 269 g/mol. The van der Waals surface area contributed by atoms with Crippen LogP contribution < -0.4 is 5.14 Å². The van der Waals surface area contributed by atoms with Gasteiger partial charge in [-0.05, 0) is 5.92 Å². The molecule has 0 atom stereocenters. The van der Waals surface area contributed by atoms with Crippen molar-refractivity contribution in [3.8, 4) is 0 Å². The van der Waals surface area contributed by atoms with E-state index in [-0.39, 0.29) is 12.4 Å². The third kappa shape index (κ3) is 15.8. The van der Waals surface area contributed by atoms with E-state index < -0.39 is 10.0 Å². The molecule has 104 valence electrons. The molecule has 2 N–H and O–H groups in total. The van der Waals surface area contributed by atoms with Crippen LogP contribution in [0.5, 0.6) is 0 Å². The van der Waals surface area contributed by atoms with E-state index in [0.717, 1.165) is 6.61 Å². The fourth-order valence-corrected chi connectivity index (χ4v) is 1.28. The molecule has 0 aliphatic carbocycles. The predicted molar refractivity (Wildman–Crippen MR) is 65.3 cm³/mol. The van der Waals surface area contributed by atoms with Crippen LogP contribution in [0.2, 0.25) is 0 Å². The average molecular weight is 269 g/mol. The third-order valence-corrected chi connectivity index (χ3v) is 2.44. The van der Waals surface area contributed by atoms with Crippen molar-refractivity contribution in [1.29, 1.82) is 0 Å². The Balaban J connectivity index is 3.09. The zero-order valence-corrected chi connectivity index (χ0v) is 11.4. The smallest absolute Gasteiger partial charge is 0.211 e. The quantitative estimate of drug-likeness (QED) is 0.533. The molecule has 0 saturated heterocycles. The lowest BCUT2D eigenvalue weighted by atomic mass is 10.2. The van der Waals surface area contributed by atoms with E-state index >= 15 is 0 Å². The first-order chi connectivity index (χ1) is 7.92. The van der Waals surface area contributed by atoms with Crippen LogP contribution in [0.4, 0.5) is 0 Å². The highest BCUT2D eigenvalue weighted by atomic mass is 32.2. The molecule has 0 spiro atoms. The molecule has 17 heavy (non-hydrogen) atoms. The summed E-state index contributed by atoms with van der Waals surface area (Å²) in [6.45, 7) is 6.87. The molecular formula is C10H23NO5S. The summed E-state index contributed by atoms with van der Waals surface area (Å²) in [5.41, 5.74) is 0. The zero-order chi connectivity index (χ0) is 13.1. The van der Waals surface area contributed by atoms with Crippen molar-refractivity contribution in [3.05, 3.63) is 0 Å². The molecule has 0 unspecified atom stereocenters. The number of sulfonamides is 1. The van der Waals surface area contributed by atoms with Crippen LogP contribution in [0, 0.1) is 5.92 Å². The third-order valence-electron chi connectivity index (χ3n) is 1.71. The van der Waals surface area contributed by atoms with Crippen molar-refractivity contribution in [3.63, 3.8) is 0 Å². The van der Waals surface area contributed by atoms with Crippen LogP contribution in [0.15, 0.2) is 0 Å². The summed E-state index contributed by atoms with van der Waals surface area (Å²) in [7, 11) is -3.42. The van der Waals surface area contributed by atoms with Gasteiger partial charge in [-0.25, -0.2) is 13.6 Å². The van der Waals surface area contributed by atoms with Crippen molar-refractivity contribution >= 4 is 10.0 Å². The van der Waals surface area contributed by atoms with E-state index in [4.69, 9.17) is 19.3 Å². The molecule has 0 aromatic heterocycles. The Kier molecular flexibility index (Phi) is 9.66. The van der Waals surface area contributed by atoms with Gasteiger partial charge in [0.15, 0.2) is 0 Å².